The number of rotatable bonds is 1. The molecule has 0 bridgehead atoms. The van der Waals surface area contributed by atoms with Crippen LogP contribution in [0.2, 0.25) is 0 Å². The van der Waals surface area contributed by atoms with E-state index in [9.17, 15) is 0 Å². The van der Waals surface area contributed by atoms with Crippen LogP contribution in [0.5, 0.6) is 0 Å². The highest BCUT2D eigenvalue weighted by atomic mass is 14.0. The second-order valence-electron chi connectivity index (χ2n) is 2.81. The van der Waals surface area contributed by atoms with Gasteiger partial charge < -0.3 is 0 Å². The number of terminal acetylenes is 1. The summed E-state index contributed by atoms with van der Waals surface area (Å²) in [6.07, 6.45) is 5.97. The summed E-state index contributed by atoms with van der Waals surface area (Å²) in [5.41, 5.74) is 3.84. The monoisotopic (exact) mass is 144 g/mol. The summed E-state index contributed by atoms with van der Waals surface area (Å²) in [4.78, 5) is 0. The van der Waals surface area contributed by atoms with Gasteiger partial charge in [-0.15, -0.1) is 12.3 Å². The van der Waals surface area contributed by atoms with Crippen molar-refractivity contribution < 1.29 is 0 Å². The summed E-state index contributed by atoms with van der Waals surface area (Å²) in [6, 6.07) is 6.37. The Hall–Kier alpha value is -1.22. The standard InChI is InChI=1S/C11H12/c1-4-5-11-8-9(2)6-7-10(11)3/h1,6-8H,5H2,2-3H3. The predicted octanol–water partition coefficient (Wildman–Crippen LogP) is 2.48. The molecule has 1 aromatic rings. The van der Waals surface area contributed by atoms with Crippen LogP contribution >= 0.6 is 0 Å². The van der Waals surface area contributed by atoms with Crippen molar-refractivity contribution in [1.29, 1.82) is 0 Å². The summed E-state index contributed by atoms with van der Waals surface area (Å²) >= 11 is 0. The van der Waals surface area contributed by atoms with Crippen molar-refractivity contribution in [2.75, 3.05) is 0 Å². The van der Waals surface area contributed by atoms with Crippen LogP contribution in [-0.2, 0) is 6.42 Å². The maximum Gasteiger partial charge on any atom is 0.0340 e. The third kappa shape index (κ3) is 1.85. The third-order valence-corrected chi connectivity index (χ3v) is 1.80. The van der Waals surface area contributed by atoms with E-state index in [0.717, 1.165) is 6.42 Å². The molecule has 0 spiro atoms. The second-order valence-corrected chi connectivity index (χ2v) is 2.81. The first kappa shape index (κ1) is 7.88. The SMILES string of the molecule is C#CCc1cc(C)ccc1C. The van der Waals surface area contributed by atoms with Gasteiger partial charge in [-0.2, -0.15) is 0 Å². The largest absolute Gasteiger partial charge is 0.120 e. The van der Waals surface area contributed by atoms with E-state index in [2.05, 4.69) is 38.0 Å². The van der Waals surface area contributed by atoms with E-state index in [1.807, 2.05) is 0 Å². The molecule has 56 valence electrons. The minimum absolute atomic E-state index is 0.744. The van der Waals surface area contributed by atoms with Crippen molar-refractivity contribution in [3.05, 3.63) is 34.9 Å². The van der Waals surface area contributed by atoms with Crippen LogP contribution in [0, 0.1) is 26.2 Å². The number of hydrogen-bond donors (Lipinski definition) is 0. The average Bonchev–Trinajstić information content (AvgIpc) is 1.98. The number of benzene rings is 1. The van der Waals surface area contributed by atoms with E-state index < -0.39 is 0 Å². The molecule has 0 heteroatoms. The minimum Gasteiger partial charge on any atom is -0.120 e. The number of aryl methyl sites for hydroxylation is 2. The Kier molecular flexibility index (Phi) is 2.33. The van der Waals surface area contributed by atoms with Crippen LogP contribution in [0.15, 0.2) is 18.2 Å². The summed E-state index contributed by atoms with van der Waals surface area (Å²) in [5, 5.41) is 0. The summed E-state index contributed by atoms with van der Waals surface area (Å²) in [7, 11) is 0. The van der Waals surface area contributed by atoms with Gasteiger partial charge in [0, 0.05) is 6.42 Å². The third-order valence-electron chi connectivity index (χ3n) is 1.80. The van der Waals surface area contributed by atoms with Crippen LogP contribution in [0.1, 0.15) is 16.7 Å². The summed E-state index contributed by atoms with van der Waals surface area (Å²) in [5.74, 6) is 2.65. The molecule has 0 atom stereocenters. The van der Waals surface area contributed by atoms with Crippen LogP contribution < -0.4 is 0 Å². The molecule has 0 aromatic heterocycles. The van der Waals surface area contributed by atoms with Gasteiger partial charge in [-0.05, 0) is 25.0 Å². The summed E-state index contributed by atoms with van der Waals surface area (Å²) < 4.78 is 0. The fraction of sp³-hybridized carbons (Fsp3) is 0.273. The Morgan fingerprint density at radius 1 is 1.36 bits per heavy atom. The summed E-state index contributed by atoms with van der Waals surface area (Å²) in [6.45, 7) is 4.17. The lowest BCUT2D eigenvalue weighted by Gasteiger charge is -2.01. The van der Waals surface area contributed by atoms with Crippen LogP contribution in [0.3, 0.4) is 0 Å². The highest BCUT2D eigenvalue weighted by Gasteiger charge is 1.94. The molecule has 0 N–H and O–H groups in total. The van der Waals surface area contributed by atoms with Crippen molar-refractivity contribution in [3.63, 3.8) is 0 Å². The Bertz CT molecular complexity index is 289. The topological polar surface area (TPSA) is 0 Å². The predicted molar refractivity (Wildman–Crippen MR) is 48.5 cm³/mol. The van der Waals surface area contributed by atoms with Gasteiger partial charge in [0.1, 0.15) is 0 Å². The minimum atomic E-state index is 0.744. The zero-order chi connectivity index (χ0) is 8.27. The Morgan fingerprint density at radius 2 is 2.09 bits per heavy atom. The lowest BCUT2D eigenvalue weighted by Crippen LogP contribution is -1.87. The zero-order valence-electron chi connectivity index (χ0n) is 7.02. The molecule has 0 aliphatic rings. The van der Waals surface area contributed by atoms with Crippen LogP contribution in [0.25, 0.3) is 0 Å². The van der Waals surface area contributed by atoms with Gasteiger partial charge in [0.05, 0.1) is 0 Å². The molecule has 0 saturated heterocycles. The maximum absolute atomic E-state index is 5.23. The van der Waals surface area contributed by atoms with Gasteiger partial charge in [-0.25, -0.2) is 0 Å². The smallest absolute Gasteiger partial charge is 0.0340 e. The van der Waals surface area contributed by atoms with E-state index in [1.54, 1.807) is 0 Å². The maximum atomic E-state index is 5.23. The molecule has 1 rings (SSSR count). The molecule has 11 heavy (non-hydrogen) atoms. The van der Waals surface area contributed by atoms with E-state index in [4.69, 9.17) is 6.42 Å². The Morgan fingerprint density at radius 3 is 2.73 bits per heavy atom. The van der Waals surface area contributed by atoms with Crippen molar-refractivity contribution in [1.82, 2.24) is 0 Å². The van der Waals surface area contributed by atoms with Crippen molar-refractivity contribution >= 4 is 0 Å². The second kappa shape index (κ2) is 3.25. The molecule has 0 amide bonds. The van der Waals surface area contributed by atoms with E-state index in [1.165, 1.54) is 16.7 Å². The first-order chi connectivity index (χ1) is 5.24. The first-order valence-electron chi connectivity index (χ1n) is 3.73. The molecular formula is C11H12. The van der Waals surface area contributed by atoms with E-state index in [-0.39, 0.29) is 0 Å². The Labute approximate surface area is 68.3 Å². The molecule has 0 unspecified atom stereocenters. The molecular weight excluding hydrogens is 132 g/mol. The normalized spacial score (nSPS) is 9.18. The van der Waals surface area contributed by atoms with E-state index >= 15 is 0 Å². The highest BCUT2D eigenvalue weighted by molar-refractivity contribution is 5.32. The van der Waals surface area contributed by atoms with Gasteiger partial charge >= 0.3 is 0 Å². The molecule has 0 aliphatic heterocycles. The van der Waals surface area contributed by atoms with Crippen molar-refractivity contribution in [2.45, 2.75) is 20.3 Å². The average molecular weight is 144 g/mol. The van der Waals surface area contributed by atoms with Gasteiger partial charge in [-0.1, -0.05) is 23.8 Å². The first-order valence-corrected chi connectivity index (χ1v) is 3.73. The Balaban J connectivity index is 3.05. The van der Waals surface area contributed by atoms with Gasteiger partial charge in [0.2, 0.25) is 0 Å². The van der Waals surface area contributed by atoms with Crippen molar-refractivity contribution in [2.24, 2.45) is 0 Å². The number of hydrogen-bond acceptors (Lipinski definition) is 0. The van der Waals surface area contributed by atoms with E-state index in [0.29, 0.717) is 0 Å². The van der Waals surface area contributed by atoms with Crippen LogP contribution in [-0.4, -0.2) is 0 Å². The molecule has 0 saturated carbocycles. The lowest BCUT2D eigenvalue weighted by molar-refractivity contribution is 1.22. The van der Waals surface area contributed by atoms with Crippen LogP contribution in [0.4, 0.5) is 0 Å². The van der Waals surface area contributed by atoms with Gasteiger partial charge in [0.15, 0.2) is 0 Å². The molecule has 0 heterocycles. The zero-order valence-corrected chi connectivity index (χ0v) is 7.02. The fourth-order valence-electron chi connectivity index (χ4n) is 1.10. The molecule has 0 fully saturated rings. The quantitative estimate of drug-likeness (QED) is 0.531. The molecule has 0 radical (unpaired) electrons. The van der Waals surface area contributed by atoms with Crippen molar-refractivity contribution in [3.8, 4) is 12.3 Å². The molecule has 0 aliphatic carbocycles. The highest BCUT2D eigenvalue weighted by Crippen LogP contribution is 2.10. The molecule has 0 nitrogen and oxygen atoms in total. The van der Waals surface area contributed by atoms with Gasteiger partial charge in [-0.3, -0.25) is 0 Å². The fourth-order valence-corrected chi connectivity index (χ4v) is 1.10. The van der Waals surface area contributed by atoms with Gasteiger partial charge in [0.25, 0.3) is 0 Å². The molecule has 1 aromatic carbocycles. The lowest BCUT2D eigenvalue weighted by atomic mass is 10.0.